The van der Waals surface area contributed by atoms with Gasteiger partial charge in [-0.15, -0.1) is 11.8 Å². The van der Waals surface area contributed by atoms with Crippen molar-refractivity contribution in [2.24, 2.45) is 0 Å². The molecular formula is C11H22S. The number of hydrogen-bond donors (Lipinski definition) is 0. The van der Waals surface area contributed by atoms with E-state index in [0.717, 1.165) is 5.25 Å². The Morgan fingerprint density at radius 2 is 1.75 bits per heavy atom. The Morgan fingerprint density at radius 1 is 1.17 bits per heavy atom. The molecule has 1 heteroatoms. The van der Waals surface area contributed by atoms with Crippen LogP contribution >= 0.6 is 11.8 Å². The molecule has 0 unspecified atom stereocenters. The first-order chi connectivity index (χ1) is 5.78. The molecule has 0 fully saturated rings. The average molecular weight is 186 g/mol. The van der Waals surface area contributed by atoms with Gasteiger partial charge >= 0.3 is 0 Å². The largest absolute Gasteiger partial charge is 0.128 e. The summed E-state index contributed by atoms with van der Waals surface area (Å²) in [4.78, 5) is 1.58. The van der Waals surface area contributed by atoms with E-state index in [9.17, 15) is 0 Å². The molecule has 0 bridgehead atoms. The molecule has 0 heterocycles. The lowest BCUT2D eigenvalue weighted by molar-refractivity contribution is 0.793. The summed E-state index contributed by atoms with van der Waals surface area (Å²) in [5, 5.41) is 0.836. The molecule has 0 aliphatic heterocycles. The first-order valence-electron chi connectivity index (χ1n) is 5.14. The van der Waals surface area contributed by atoms with Crippen LogP contribution in [0, 0.1) is 0 Å². The minimum absolute atomic E-state index is 0.836. The zero-order valence-corrected chi connectivity index (χ0v) is 9.71. The Labute approximate surface area is 81.8 Å². The fraction of sp³-hybridized carbons (Fsp3) is 0.818. The van der Waals surface area contributed by atoms with Crippen molar-refractivity contribution >= 4 is 11.8 Å². The zero-order chi connectivity index (χ0) is 9.40. The van der Waals surface area contributed by atoms with Crippen LogP contribution in [-0.2, 0) is 0 Å². The van der Waals surface area contributed by atoms with Crippen LogP contribution in [0.2, 0.25) is 0 Å². The molecule has 0 saturated carbocycles. The molecule has 0 aliphatic rings. The van der Waals surface area contributed by atoms with E-state index in [1.807, 2.05) is 0 Å². The van der Waals surface area contributed by atoms with E-state index in [1.54, 1.807) is 4.91 Å². The maximum absolute atomic E-state index is 2.36. The van der Waals surface area contributed by atoms with Gasteiger partial charge in [-0.2, -0.15) is 0 Å². The number of hydrogen-bond acceptors (Lipinski definition) is 1. The van der Waals surface area contributed by atoms with Gasteiger partial charge in [-0.1, -0.05) is 33.8 Å². The third-order valence-corrected chi connectivity index (χ3v) is 3.77. The second-order valence-corrected chi connectivity index (χ2v) is 4.42. The molecule has 0 rings (SSSR count). The smallest absolute Gasteiger partial charge is 0.00858 e. The van der Waals surface area contributed by atoms with Crippen LogP contribution in [0.4, 0.5) is 0 Å². The average Bonchev–Trinajstić information content (AvgIpc) is 2.12. The molecule has 0 nitrogen and oxygen atoms in total. The molecular weight excluding hydrogens is 164 g/mol. The van der Waals surface area contributed by atoms with E-state index >= 15 is 0 Å². The van der Waals surface area contributed by atoms with Crippen molar-refractivity contribution in [3.63, 3.8) is 0 Å². The normalized spacial score (nSPS) is 12.6. The molecule has 0 spiro atoms. The highest BCUT2D eigenvalue weighted by atomic mass is 32.2. The molecule has 0 atom stereocenters. The minimum Gasteiger partial charge on any atom is -0.128 e. The third-order valence-electron chi connectivity index (χ3n) is 2.01. The van der Waals surface area contributed by atoms with Crippen molar-refractivity contribution in [1.82, 2.24) is 0 Å². The van der Waals surface area contributed by atoms with Gasteiger partial charge in [0.1, 0.15) is 0 Å². The molecule has 0 N–H and O–H groups in total. The quantitative estimate of drug-likeness (QED) is 0.583. The van der Waals surface area contributed by atoms with Gasteiger partial charge in [-0.05, 0) is 30.6 Å². The summed E-state index contributed by atoms with van der Waals surface area (Å²) >= 11 is 2.08. The van der Waals surface area contributed by atoms with Crippen molar-refractivity contribution < 1.29 is 0 Å². The van der Waals surface area contributed by atoms with Crippen molar-refractivity contribution in [3.05, 3.63) is 11.0 Å². The van der Waals surface area contributed by atoms with Crippen molar-refractivity contribution in [3.8, 4) is 0 Å². The number of thioether (sulfide) groups is 1. The zero-order valence-electron chi connectivity index (χ0n) is 8.89. The molecule has 0 radical (unpaired) electrons. The summed E-state index contributed by atoms with van der Waals surface area (Å²) in [7, 11) is 0. The van der Waals surface area contributed by atoms with E-state index < -0.39 is 0 Å². The summed E-state index contributed by atoms with van der Waals surface area (Å²) in [6.45, 7) is 9.01. The van der Waals surface area contributed by atoms with E-state index in [2.05, 4.69) is 45.5 Å². The second kappa shape index (κ2) is 7.72. The maximum atomic E-state index is 2.36. The molecule has 12 heavy (non-hydrogen) atoms. The fourth-order valence-corrected chi connectivity index (χ4v) is 2.36. The second-order valence-electron chi connectivity index (χ2n) is 2.99. The summed E-state index contributed by atoms with van der Waals surface area (Å²) in [6.07, 6.45) is 7.33. The van der Waals surface area contributed by atoms with Crippen molar-refractivity contribution in [1.29, 1.82) is 0 Å². The lowest BCUT2D eigenvalue weighted by Gasteiger charge is -2.13. The Hall–Kier alpha value is 0.0900. The molecule has 0 aromatic heterocycles. The standard InChI is InChI=1S/C11H22S/c1-5-9-11(8-4)12-10(6-2)7-3/h9-10H,5-8H2,1-4H3/b11-9-. The van der Waals surface area contributed by atoms with Crippen LogP contribution in [0.1, 0.15) is 53.4 Å². The SMILES string of the molecule is CC/C=C(/CC)SC(CC)CC. The molecule has 0 aliphatic carbocycles. The highest BCUT2D eigenvalue weighted by Gasteiger charge is 2.05. The molecule has 0 amide bonds. The Morgan fingerprint density at radius 3 is 2.08 bits per heavy atom. The summed E-state index contributed by atoms with van der Waals surface area (Å²) in [6, 6.07) is 0. The van der Waals surface area contributed by atoms with Crippen LogP contribution in [-0.4, -0.2) is 5.25 Å². The molecule has 72 valence electrons. The Bertz CT molecular complexity index is 123. The van der Waals surface area contributed by atoms with Gasteiger partial charge in [0, 0.05) is 5.25 Å². The van der Waals surface area contributed by atoms with Gasteiger partial charge in [-0.3, -0.25) is 0 Å². The highest BCUT2D eigenvalue weighted by Crippen LogP contribution is 2.28. The molecule has 0 aromatic rings. The van der Waals surface area contributed by atoms with Gasteiger partial charge in [0.15, 0.2) is 0 Å². The van der Waals surface area contributed by atoms with Gasteiger partial charge in [0.25, 0.3) is 0 Å². The number of allylic oxidation sites excluding steroid dienone is 2. The number of rotatable bonds is 6. The van der Waals surface area contributed by atoms with E-state index in [0.29, 0.717) is 0 Å². The molecule has 0 aromatic carbocycles. The minimum atomic E-state index is 0.836. The fourth-order valence-electron chi connectivity index (χ4n) is 1.17. The van der Waals surface area contributed by atoms with Crippen LogP contribution in [0.3, 0.4) is 0 Å². The predicted octanol–water partition coefficient (Wildman–Crippen LogP) is 4.61. The van der Waals surface area contributed by atoms with Crippen LogP contribution in [0.15, 0.2) is 11.0 Å². The van der Waals surface area contributed by atoms with E-state index in [1.165, 1.54) is 25.7 Å². The monoisotopic (exact) mass is 186 g/mol. The topological polar surface area (TPSA) is 0 Å². The van der Waals surface area contributed by atoms with Gasteiger partial charge < -0.3 is 0 Å². The van der Waals surface area contributed by atoms with Gasteiger partial charge in [0.2, 0.25) is 0 Å². The Kier molecular flexibility index (Phi) is 7.78. The van der Waals surface area contributed by atoms with Crippen LogP contribution in [0.5, 0.6) is 0 Å². The first kappa shape index (κ1) is 12.1. The molecule has 0 saturated heterocycles. The van der Waals surface area contributed by atoms with E-state index in [4.69, 9.17) is 0 Å². The van der Waals surface area contributed by atoms with Crippen LogP contribution < -0.4 is 0 Å². The predicted molar refractivity (Wildman–Crippen MR) is 60.6 cm³/mol. The Balaban J connectivity index is 3.91. The first-order valence-corrected chi connectivity index (χ1v) is 6.01. The van der Waals surface area contributed by atoms with Gasteiger partial charge in [0.05, 0.1) is 0 Å². The van der Waals surface area contributed by atoms with Gasteiger partial charge in [-0.25, -0.2) is 0 Å². The van der Waals surface area contributed by atoms with E-state index in [-0.39, 0.29) is 0 Å². The summed E-state index contributed by atoms with van der Waals surface area (Å²) in [5.74, 6) is 0. The lowest BCUT2D eigenvalue weighted by Crippen LogP contribution is -1.98. The summed E-state index contributed by atoms with van der Waals surface area (Å²) in [5.41, 5.74) is 0. The van der Waals surface area contributed by atoms with Crippen LogP contribution in [0.25, 0.3) is 0 Å². The third kappa shape index (κ3) is 4.87. The van der Waals surface area contributed by atoms with Crippen molar-refractivity contribution in [2.45, 2.75) is 58.6 Å². The maximum Gasteiger partial charge on any atom is 0.00858 e. The highest BCUT2D eigenvalue weighted by molar-refractivity contribution is 8.03. The lowest BCUT2D eigenvalue weighted by atomic mass is 10.3. The summed E-state index contributed by atoms with van der Waals surface area (Å²) < 4.78 is 0. The van der Waals surface area contributed by atoms with Crippen molar-refractivity contribution in [2.75, 3.05) is 0 Å².